The lowest BCUT2D eigenvalue weighted by Crippen LogP contribution is -2.60. The minimum atomic E-state index is -0.135. The molecule has 33 heavy (non-hydrogen) atoms. The van der Waals surface area contributed by atoms with E-state index in [0.717, 1.165) is 45.1 Å². The standard InChI is InChI=1S/C26H40ClN5O/c1-6-20(7-2)17-30-11-9-22(10-12-30)32-14-13-31(18-24(32)19(4)5)25-23(27)15-21(16-29-25)26(33)28-8-3/h6-7,15-16,19,22,24H,1,8-14,17-18H2,2-5H3,(H,28,33)/b20-7+. The van der Waals surface area contributed by atoms with Gasteiger partial charge in [-0.15, -0.1) is 0 Å². The number of halogens is 1. The molecule has 182 valence electrons. The van der Waals surface area contributed by atoms with Gasteiger partial charge in [0.1, 0.15) is 5.82 Å². The summed E-state index contributed by atoms with van der Waals surface area (Å²) in [5.41, 5.74) is 1.82. The molecule has 0 radical (unpaired) electrons. The Morgan fingerprint density at radius 2 is 2.03 bits per heavy atom. The molecule has 6 nitrogen and oxygen atoms in total. The van der Waals surface area contributed by atoms with Crippen LogP contribution < -0.4 is 10.2 Å². The third-order valence-corrected chi connectivity index (χ3v) is 7.30. The summed E-state index contributed by atoms with van der Waals surface area (Å²) in [5, 5.41) is 3.35. The van der Waals surface area contributed by atoms with Crippen molar-refractivity contribution in [2.24, 2.45) is 5.92 Å². The number of anilines is 1. The first kappa shape index (κ1) is 25.7. The summed E-state index contributed by atoms with van der Waals surface area (Å²) in [6, 6.07) is 2.82. The summed E-state index contributed by atoms with van der Waals surface area (Å²) in [6.07, 6.45) is 8.19. The molecule has 3 rings (SSSR count). The third-order valence-electron chi connectivity index (χ3n) is 7.02. The van der Waals surface area contributed by atoms with Crippen LogP contribution >= 0.6 is 11.6 Å². The molecular weight excluding hydrogens is 434 g/mol. The van der Waals surface area contributed by atoms with Crippen LogP contribution in [0.5, 0.6) is 0 Å². The Labute approximate surface area is 204 Å². The van der Waals surface area contributed by atoms with Gasteiger partial charge in [-0.2, -0.15) is 0 Å². The molecule has 1 amide bonds. The number of pyridine rings is 1. The summed E-state index contributed by atoms with van der Waals surface area (Å²) < 4.78 is 0. The first-order valence-corrected chi connectivity index (χ1v) is 12.7. The number of allylic oxidation sites excluding steroid dienone is 1. The molecule has 1 unspecified atom stereocenters. The van der Waals surface area contributed by atoms with E-state index in [1.54, 1.807) is 12.3 Å². The minimum absolute atomic E-state index is 0.135. The van der Waals surface area contributed by atoms with Gasteiger partial charge in [0.15, 0.2) is 0 Å². The van der Waals surface area contributed by atoms with Gasteiger partial charge in [-0.1, -0.05) is 44.2 Å². The number of piperazine rings is 1. The molecule has 0 aliphatic carbocycles. The molecule has 3 heterocycles. The molecule has 1 aromatic rings. The molecule has 7 heteroatoms. The van der Waals surface area contributed by atoms with Gasteiger partial charge in [-0.3, -0.25) is 14.6 Å². The number of rotatable bonds is 8. The highest BCUT2D eigenvalue weighted by Crippen LogP contribution is 2.31. The van der Waals surface area contributed by atoms with Crippen LogP contribution in [0.4, 0.5) is 5.82 Å². The van der Waals surface area contributed by atoms with E-state index in [2.05, 4.69) is 58.4 Å². The summed E-state index contributed by atoms with van der Waals surface area (Å²) in [5.74, 6) is 1.19. The first-order valence-electron chi connectivity index (χ1n) is 12.3. The molecule has 2 aliphatic rings. The van der Waals surface area contributed by atoms with Gasteiger partial charge in [0.2, 0.25) is 0 Å². The van der Waals surface area contributed by atoms with Gasteiger partial charge in [-0.25, -0.2) is 4.98 Å². The number of likely N-dealkylation sites (tertiary alicyclic amines) is 1. The van der Waals surface area contributed by atoms with Crippen molar-refractivity contribution in [3.63, 3.8) is 0 Å². The Hall–Kier alpha value is -1.89. The predicted molar refractivity (Wildman–Crippen MR) is 138 cm³/mol. The highest BCUT2D eigenvalue weighted by atomic mass is 35.5. The van der Waals surface area contributed by atoms with E-state index in [1.165, 1.54) is 18.4 Å². The summed E-state index contributed by atoms with van der Waals surface area (Å²) >= 11 is 6.59. The zero-order valence-electron chi connectivity index (χ0n) is 20.7. The lowest BCUT2D eigenvalue weighted by Gasteiger charge is -2.49. The van der Waals surface area contributed by atoms with Crippen molar-refractivity contribution in [2.75, 3.05) is 50.7 Å². The third kappa shape index (κ3) is 6.37. The minimum Gasteiger partial charge on any atom is -0.353 e. The fraction of sp³-hybridized carbons (Fsp3) is 0.615. The SMILES string of the molecule is C=C/C(=C\C)CN1CCC(N2CCN(c3ncc(C(=O)NCC)cc3Cl)CC2C(C)C)CC1. The van der Waals surface area contributed by atoms with E-state index in [-0.39, 0.29) is 5.91 Å². The van der Waals surface area contributed by atoms with Crippen molar-refractivity contribution in [2.45, 2.75) is 52.6 Å². The molecule has 0 saturated carbocycles. The van der Waals surface area contributed by atoms with Crippen molar-refractivity contribution >= 4 is 23.3 Å². The Morgan fingerprint density at radius 1 is 1.30 bits per heavy atom. The Morgan fingerprint density at radius 3 is 2.61 bits per heavy atom. The van der Waals surface area contributed by atoms with E-state index >= 15 is 0 Å². The van der Waals surface area contributed by atoms with Gasteiger partial charge in [-0.05, 0) is 57.3 Å². The summed E-state index contributed by atoms with van der Waals surface area (Å²) in [7, 11) is 0. The number of carbonyl (C=O) groups excluding carboxylic acids is 1. The molecule has 1 aromatic heterocycles. The van der Waals surface area contributed by atoms with Crippen LogP contribution in [-0.2, 0) is 0 Å². The van der Waals surface area contributed by atoms with Gasteiger partial charge < -0.3 is 10.2 Å². The number of aromatic nitrogens is 1. The maximum atomic E-state index is 12.1. The zero-order valence-corrected chi connectivity index (χ0v) is 21.4. The van der Waals surface area contributed by atoms with E-state index < -0.39 is 0 Å². The number of amides is 1. The second-order valence-corrected chi connectivity index (χ2v) is 9.87. The number of hydrogen-bond donors (Lipinski definition) is 1. The van der Waals surface area contributed by atoms with Crippen LogP contribution in [0.1, 0.15) is 50.9 Å². The van der Waals surface area contributed by atoms with Crippen molar-refractivity contribution in [1.29, 1.82) is 0 Å². The molecule has 1 N–H and O–H groups in total. The van der Waals surface area contributed by atoms with Gasteiger partial charge in [0.25, 0.3) is 5.91 Å². The topological polar surface area (TPSA) is 51.7 Å². The van der Waals surface area contributed by atoms with E-state index in [0.29, 0.717) is 35.1 Å². The van der Waals surface area contributed by atoms with Crippen molar-refractivity contribution in [3.8, 4) is 0 Å². The van der Waals surface area contributed by atoms with Crippen molar-refractivity contribution < 1.29 is 4.79 Å². The van der Waals surface area contributed by atoms with Crippen LogP contribution in [-0.4, -0.2) is 78.6 Å². The van der Waals surface area contributed by atoms with Gasteiger partial charge in [0, 0.05) is 51.0 Å². The molecule has 2 aliphatic heterocycles. The quantitative estimate of drug-likeness (QED) is 0.572. The van der Waals surface area contributed by atoms with Crippen molar-refractivity contribution in [1.82, 2.24) is 20.1 Å². The van der Waals surface area contributed by atoms with Crippen LogP contribution in [0.2, 0.25) is 5.02 Å². The molecule has 2 fully saturated rings. The second kappa shape index (κ2) is 12.0. The van der Waals surface area contributed by atoms with Crippen LogP contribution in [0, 0.1) is 5.92 Å². The predicted octanol–water partition coefficient (Wildman–Crippen LogP) is 4.23. The Kier molecular flexibility index (Phi) is 9.36. The lowest BCUT2D eigenvalue weighted by molar-refractivity contribution is 0.0486. The lowest BCUT2D eigenvalue weighted by atomic mass is 9.93. The maximum absolute atomic E-state index is 12.1. The van der Waals surface area contributed by atoms with Crippen molar-refractivity contribution in [3.05, 3.63) is 47.2 Å². The van der Waals surface area contributed by atoms with E-state index in [9.17, 15) is 4.79 Å². The van der Waals surface area contributed by atoms with Crippen LogP contribution in [0.15, 0.2) is 36.6 Å². The highest BCUT2D eigenvalue weighted by molar-refractivity contribution is 6.33. The average molecular weight is 474 g/mol. The number of carbonyl (C=O) groups is 1. The highest BCUT2D eigenvalue weighted by Gasteiger charge is 2.36. The Bertz CT molecular complexity index is 847. The maximum Gasteiger partial charge on any atom is 0.252 e. The van der Waals surface area contributed by atoms with Gasteiger partial charge >= 0.3 is 0 Å². The van der Waals surface area contributed by atoms with E-state index in [1.807, 2.05) is 13.0 Å². The normalized spacial score (nSPS) is 21.5. The fourth-order valence-electron chi connectivity index (χ4n) is 5.05. The smallest absolute Gasteiger partial charge is 0.252 e. The molecular formula is C26H40ClN5O. The monoisotopic (exact) mass is 473 g/mol. The van der Waals surface area contributed by atoms with Crippen LogP contribution in [0.3, 0.4) is 0 Å². The summed E-state index contributed by atoms with van der Waals surface area (Å²) in [6.45, 7) is 19.2. The second-order valence-electron chi connectivity index (χ2n) is 9.46. The molecule has 0 aromatic carbocycles. The zero-order chi connectivity index (χ0) is 24.0. The fourth-order valence-corrected chi connectivity index (χ4v) is 5.34. The molecule has 0 spiro atoms. The van der Waals surface area contributed by atoms with Crippen LogP contribution in [0.25, 0.3) is 0 Å². The Balaban J connectivity index is 1.64. The number of nitrogens with zero attached hydrogens (tertiary/aromatic N) is 4. The number of hydrogen-bond acceptors (Lipinski definition) is 5. The largest absolute Gasteiger partial charge is 0.353 e. The number of piperidine rings is 1. The first-order chi connectivity index (χ1) is 15.9. The molecule has 1 atom stereocenters. The van der Waals surface area contributed by atoms with Gasteiger partial charge in [0.05, 0.1) is 10.6 Å². The molecule has 0 bridgehead atoms. The number of nitrogens with one attached hydrogen (secondary N) is 1. The van der Waals surface area contributed by atoms with E-state index in [4.69, 9.17) is 11.6 Å². The average Bonchev–Trinajstić information content (AvgIpc) is 2.82. The summed E-state index contributed by atoms with van der Waals surface area (Å²) in [4.78, 5) is 24.3. The molecule has 2 saturated heterocycles.